The average Bonchev–Trinajstić information content (AvgIpc) is 2.21. The van der Waals surface area contributed by atoms with Gasteiger partial charge in [-0.3, -0.25) is 4.79 Å². The number of benzene rings is 1. The SMILES string of the molecule is O=C(CCCl)Nc1ccc(F)c(C(=O)O)c1. The van der Waals surface area contributed by atoms with Crippen LogP contribution < -0.4 is 5.32 Å². The Morgan fingerprint density at radius 1 is 1.44 bits per heavy atom. The van der Waals surface area contributed by atoms with Crippen LogP contribution in [0.15, 0.2) is 18.2 Å². The van der Waals surface area contributed by atoms with Crippen molar-refractivity contribution in [1.29, 1.82) is 0 Å². The first-order chi connectivity index (χ1) is 7.54. The second-order valence-electron chi connectivity index (χ2n) is 2.99. The average molecular weight is 246 g/mol. The molecule has 0 saturated carbocycles. The number of hydrogen-bond donors (Lipinski definition) is 2. The molecule has 4 nitrogen and oxygen atoms in total. The Morgan fingerprint density at radius 3 is 2.69 bits per heavy atom. The van der Waals surface area contributed by atoms with Crippen LogP contribution in [0.5, 0.6) is 0 Å². The maximum atomic E-state index is 13.0. The van der Waals surface area contributed by atoms with Gasteiger partial charge in [-0.05, 0) is 18.2 Å². The van der Waals surface area contributed by atoms with Gasteiger partial charge in [-0.2, -0.15) is 0 Å². The van der Waals surface area contributed by atoms with Gasteiger partial charge < -0.3 is 10.4 Å². The summed E-state index contributed by atoms with van der Waals surface area (Å²) < 4.78 is 13.0. The van der Waals surface area contributed by atoms with Gasteiger partial charge in [-0.25, -0.2) is 9.18 Å². The van der Waals surface area contributed by atoms with E-state index in [2.05, 4.69) is 5.32 Å². The Labute approximate surface area is 96.0 Å². The minimum Gasteiger partial charge on any atom is -0.478 e. The summed E-state index contributed by atoms with van der Waals surface area (Å²) in [5.74, 6) is -2.41. The lowest BCUT2D eigenvalue weighted by atomic mass is 10.2. The van der Waals surface area contributed by atoms with Crippen LogP contribution in [0.4, 0.5) is 10.1 Å². The number of carboxylic acids is 1. The third kappa shape index (κ3) is 3.20. The molecule has 0 unspecified atom stereocenters. The minimum absolute atomic E-state index is 0.112. The predicted molar refractivity (Wildman–Crippen MR) is 57.3 cm³/mol. The minimum atomic E-state index is -1.38. The molecule has 0 spiro atoms. The molecule has 2 N–H and O–H groups in total. The highest BCUT2D eigenvalue weighted by atomic mass is 35.5. The standard InChI is InChI=1S/C10H9ClFNO3/c11-4-3-9(14)13-6-1-2-8(12)7(5-6)10(15)16/h1-2,5H,3-4H2,(H,13,14)(H,15,16). The summed E-state index contributed by atoms with van der Waals surface area (Å²) >= 11 is 5.35. The molecule has 0 radical (unpaired) electrons. The van der Waals surface area contributed by atoms with Crippen molar-refractivity contribution in [1.82, 2.24) is 0 Å². The van der Waals surface area contributed by atoms with Gasteiger partial charge >= 0.3 is 5.97 Å². The lowest BCUT2D eigenvalue weighted by molar-refractivity contribution is -0.115. The van der Waals surface area contributed by atoms with E-state index in [1.165, 1.54) is 6.07 Å². The molecule has 0 bridgehead atoms. The predicted octanol–water partition coefficient (Wildman–Crippen LogP) is 2.09. The molecule has 86 valence electrons. The highest BCUT2D eigenvalue weighted by Gasteiger charge is 2.11. The molecule has 1 rings (SSSR count). The van der Waals surface area contributed by atoms with Crippen molar-refractivity contribution in [3.63, 3.8) is 0 Å². The lowest BCUT2D eigenvalue weighted by Crippen LogP contribution is -2.12. The molecule has 0 aromatic heterocycles. The first-order valence-corrected chi connectivity index (χ1v) is 4.96. The fourth-order valence-electron chi connectivity index (χ4n) is 1.08. The van der Waals surface area contributed by atoms with E-state index in [0.29, 0.717) is 0 Å². The van der Waals surface area contributed by atoms with Crippen molar-refractivity contribution in [2.24, 2.45) is 0 Å². The van der Waals surface area contributed by atoms with Gasteiger partial charge in [0, 0.05) is 18.0 Å². The first kappa shape index (κ1) is 12.4. The van der Waals surface area contributed by atoms with E-state index in [1.54, 1.807) is 0 Å². The number of carbonyl (C=O) groups excluding carboxylic acids is 1. The van der Waals surface area contributed by atoms with E-state index >= 15 is 0 Å². The highest BCUT2D eigenvalue weighted by Crippen LogP contribution is 2.15. The Kier molecular flexibility index (Phi) is 4.25. The van der Waals surface area contributed by atoms with Crippen LogP contribution in [-0.4, -0.2) is 22.9 Å². The van der Waals surface area contributed by atoms with Crippen LogP contribution in [0.2, 0.25) is 0 Å². The van der Waals surface area contributed by atoms with E-state index in [1.807, 2.05) is 0 Å². The number of rotatable bonds is 4. The van der Waals surface area contributed by atoms with Crippen LogP contribution in [0.25, 0.3) is 0 Å². The second-order valence-corrected chi connectivity index (χ2v) is 3.36. The fourth-order valence-corrected chi connectivity index (χ4v) is 1.25. The number of halogens is 2. The number of hydrogen-bond acceptors (Lipinski definition) is 2. The summed E-state index contributed by atoms with van der Waals surface area (Å²) in [5, 5.41) is 11.1. The number of alkyl halides is 1. The van der Waals surface area contributed by atoms with Crippen LogP contribution in [0.1, 0.15) is 16.8 Å². The molecule has 1 amide bonds. The molecule has 1 aromatic rings. The first-order valence-electron chi connectivity index (χ1n) is 4.43. The van der Waals surface area contributed by atoms with Crippen molar-refractivity contribution < 1.29 is 19.1 Å². The lowest BCUT2D eigenvalue weighted by Gasteiger charge is -2.05. The maximum Gasteiger partial charge on any atom is 0.338 e. The van der Waals surface area contributed by atoms with Gasteiger partial charge in [0.05, 0.1) is 5.56 Å². The van der Waals surface area contributed by atoms with Crippen molar-refractivity contribution >= 4 is 29.2 Å². The summed E-state index contributed by atoms with van der Waals surface area (Å²) in [6, 6.07) is 3.33. The molecule has 6 heteroatoms. The third-order valence-electron chi connectivity index (χ3n) is 1.80. The smallest absolute Gasteiger partial charge is 0.338 e. The molecule has 0 atom stereocenters. The zero-order chi connectivity index (χ0) is 12.1. The van der Waals surface area contributed by atoms with Crippen molar-refractivity contribution in [2.75, 3.05) is 11.2 Å². The van der Waals surface area contributed by atoms with Crippen LogP contribution >= 0.6 is 11.6 Å². The number of aromatic carboxylic acids is 1. The molecule has 0 aliphatic heterocycles. The van der Waals surface area contributed by atoms with Crippen LogP contribution in [-0.2, 0) is 4.79 Å². The summed E-state index contributed by atoms with van der Waals surface area (Å²) in [5.41, 5.74) is -0.252. The molecule has 0 saturated heterocycles. The normalized spacial score (nSPS) is 9.88. The molecule has 1 aromatic carbocycles. The van der Waals surface area contributed by atoms with Gasteiger partial charge in [0.15, 0.2) is 0 Å². The largest absolute Gasteiger partial charge is 0.478 e. The number of carbonyl (C=O) groups is 2. The zero-order valence-corrected chi connectivity index (χ0v) is 8.92. The van der Waals surface area contributed by atoms with E-state index in [-0.39, 0.29) is 23.9 Å². The van der Waals surface area contributed by atoms with Crippen LogP contribution in [0, 0.1) is 5.82 Å². The van der Waals surface area contributed by atoms with Gasteiger partial charge in [0.2, 0.25) is 5.91 Å². The molecule has 0 aliphatic rings. The molecular weight excluding hydrogens is 237 g/mol. The van der Waals surface area contributed by atoms with E-state index in [0.717, 1.165) is 12.1 Å². The van der Waals surface area contributed by atoms with Crippen molar-refractivity contribution in [2.45, 2.75) is 6.42 Å². The van der Waals surface area contributed by atoms with Gasteiger partial charge in [-0.15, -0.1) is 11.6 Å². The summed E-state index contributed by atoms with van der Waals surface area (Å²) in [4.78, 5) is 21.8. The summed E-state index contributed by atoms with van der Waals surface area (Å²) in [6.07, 6.45) is 0.112. The van der Waals surface area contributed by atoms with Crippen molar-refractivity contribution in [3.05, 3.63) is 29.6 Å². The van der Waals surface area contributed by atoms with Gasteiger partial charge in [-0.1, -0.05) is 0 Å². The summed E-state index contributed by atoms with van der Waals surface area (Å²) in [6.45, 7) is 0. The Morgan fingerprint density at radius 2 is 2.12 bits per heavy atom. The number of amides is 1. The van der Waals surface area contributed by atoms with Crippen LogP contribution in [0.3, 0.4) is 0 Å². The second kappa shape index (κ2) is 5.46. The number of nitrogens with one attached hydrogen (secondary N) is 1. The Bertz CT molecular complexity index is 423. The molecule has 0 fully saturated rings. The van der Waals surface area contributed by atoms with Gasteiger partial charge in [0.25, 0.3) is 0 Å². The monoisotopic (exact) mass is 245 g/mol. The fraction of sp³-hybridized carbons (Fsp3) is 0.200. The maximum absolute atomic E-state index is 13.0. The van der Waals surface area contributed by atoms with Crippen molar-refractivity contribution in [3.8, 4) is 0 Å². The van der Waals surface area contributed by atoms with E-state index in [4.69, 9.17) is 16.7 Å². The quantitative estimate of drug-likeness (QED) is 0.799. The Hall–Kier alpha value is -1.62. The molecule has 16 heavy (non-hydrogen) atoms. The number of anilines is 1. The summed E-state index contributed by atoms with van der Waals surface area (Å²) in [7, 11) is 0. The molecule has 0 heterocycles. The van der Waals surface area contributed by atoms with E-state index < -0.39 is 17.3 Å². The molecular formula is C10H9ClFNO3. The highest BCUT2D eigenvalue weighted by molar-refractivity contribution is 6.19. The Balaban J connectivity index is 2.87. The van der Waals surface area contributed by atoms with E-state index in [9.17, 15) is 14.0 Å². The van der Waals surface area contributed by atoms with Gasteiger partial charge in [0.1, 0.15) is 5.82 Å². The topological polar surface area (TPSA) is 66.4 Å². The third-order valence-corrected chi connectivity index (χ3v) is 1.99. The molecule has 0 aliphatic carbocycles. The number of carboxylic acid groups (broad SMARTS) is 1. The zero-order valence-electron chi connectivity index (χ0n) is 8.17.